The van der Waals surface area contributed by atoms with Gasteiger partial charge in [0.1, 0.15) is 0 Å². The van der Waals surface area contributed by atoms with E-state index >= 15 is 0 Å². The fraction of sp³-hybridized carbons (Fsp3) is 0.500. The molecule has 0 aliphatic heterocycles. The van der Waals surface area contributed by atoms with Gasteiger partial charge in [0.2, 0.25) is 0 Å². The lowest BCUT2D eigenvalue weighted by atomic mass is 9.59. The number of allylic oxidation sites excluding steroid dienone is 2. The summed E-state index contributed by atoms with van der Waals surface area (Å²) in [6, 6.07) is 4.46. The second-order valence-corrected chi connectivity index (χ2v) is 5.25. The largest absolute Gasteiger partial charge is 0.261 e. The SMILES string of the molecule is CCc1cnc(C)c(C2(CC)CC(=CC#N)C2)c1. The van der Waals surface area contributed by atoms with E-state index < -0.39 is 0 Å². The Bertz CT molecular complexity index is 512. The summed E-state index contributed by atoms with van der Waals surface area (Å²) >= 11 is 0. The number of rotatable bonds is 3. The molecule has 0 atom stereocenters. The topological polar surface area (TPSA) is 36.7 Å². The van der Waals surface area contributed by atoms with Gasteiger partial charge in [-0.25, -0.2) is 0 Å². The van der Waals surface area contributed by atoms with Gasteiger partial charge < -0.3 is 0 Å². The molecule has 0 saturated heterocycles. The number of nitrogens with zero attached hydrogens (tertiary/aromatic N) is 2. The first-order valence-corrected chi connectivity index (χ1v) is 6.68. The molecule has 0 bridgehead atoms. The second-order valence-electron chi connectivity index (χ2n) is 5.25. The van der Waals surface area contributed by atoms with E-state index in [1.165, 1.54) is 16.7 Å². The molecule has 18 heavy (non-hydrogen) atoms. The summed E-state index contributed by atoms with van der Waals surface area (Å²) in [6.45, 7) is 6.50. The lowest BCUT2D eigenvalue weighted by Crippen LogP contribution is -2.36. The number of aryl methyl sites for hydroxylation is 2. The Kier molecular flexibility index (Phi) is 3.52. The average molecular weight is 240 g/mol. The lowest BCUT2D eigenvalue weighted by molar-refractivity contribution is 0.315. The normalized spacial score (nSPS) is 22.2. The Hall–Kier alpha value is -1.62. The van der Waals surface area contributed by atoms with Crippen LogP contribution in [-0.4, -0.2) is 4.98 Å². The molecule has 94 valence electrons. The maximum absolute atomic E-state index is 8.71. The van der Waals surface area contributed by atoms with Gasteiger partial charge >= 0.3 is 0 Å². The molecule has 1 heterocycles. The zero-order valence-electron chi connectivity index (χ0n) is 11.5. The molecule has 0 unspecified atom stereocenters. The Balaban J connectivity index is 2.36. The van der Waals surface area contributed by atoms with Crippen molar-refractivity contribution in [2.45, 2.75) is 51.9 Å². The van der Waals surface area contributed by atoms with Gasteiger partial charge in [-0.2, -0.15) is 5.26 Å². The van der Waals surface area contributed by atoms with E-state index in [1.54, 1.807) is 6.08 Å². The van der Waals surface area contributed by atoms with Crippen LogP contribution in [0.2, 0.25) is 0 Å². The quantitative estimate of drug-likeness (QED) is 0.752. The first-order valence-electron chi connectivity index (χ1n) is 6.68. The fourth-order valence-electron chi connectivity index (χ4n) is 2.95. The van der Waals surface area contributed by atoms with Gasteiger partial charge in [0.25, 0.3) is 0 Å². The first-order chi connectivity index (χ1) is 8.65. The van der Waals surface area contributed by atoms with Crippen LogP contribution in [0.1, 0.15) is 49.9 Å². The van der Waals surface area contributed by atoms with Crippen LogP contribution in [0.3, 0.4) is 0 Å². The van der Waals surface area contributed by atoms with Crippen molar-refractivity contribution in [1.82, 2.24) is 4.98 Å². The minimum absolute atomic E-state index is 0.227. The van der Waals surface area contributed by atoms with Crippen molar-refractivity contribution in [2.75, 3.05) is 0 Å². The molecule has 1 saturated carbocycles. The smallest absolute Gasteiger partial charge is 0.0911 e. The highest BCUT2D eigenvalue weighted by Crippen LogP contribution is 2.50. The molecule has 0 aromatic carbocycles. The summed E-state index contributed by atoms with van der Waals surface area (Å²) < 4.78 is 0. The highest BCUT2D eigenvalue weighted by atomic mass is 14.7. The second kappa shape index (κ2) is 4.94. The third-order valence-electron chi connectivity index (χ3n) is 4.20. The highest BCUT2D eigenvalue weighted by Gasteiger charge is 2.41. The van der Waals surface area contributed by atoms with Crippen LogP contribution in [-0.2, 0) is 11.8 Å². The molecule has 0 spiro atoms. The molecule has 1 aliphatic carbocycles. The van der Waals surface area contributed by atoms with E-state index in [0.717, 1.165) is 31.4 Å². The zero-order valence-corrected chi connectivity index (χ0v) is 11.5. The molecule has 1 aliphatic rings. The van der Waals surface area contributed by atoms with E-state index in [-0.39, 0.29) is 5.41 Å². The third kappa shape index (κ3) is 2.06. The van der Waals surface area contributed by atoms with E-state index in [4.69, 9.17) is 5.26 Å². The Morgan fingerprint density at radius 1 is 1.44 bits per heavy atom. The molecule has 0 N–H and O–H groups in total. The number of aromatic nitrogens is 1. The summed E-state index contributed by atoms with van der Waals surface area (Å²) in [5.41, 5.74) is 5.34. The summed E-state index contributed by atoms with van der Waals surface area (Å²) in [4.78, 5) is 4.53. The Labute approximate surface area is 109 Å². The van der Waals surface area contributed by atoms with Gasteiger partial charge in [-0.3, -0.25) is 4.98 Å². The maximum atomic E-state index is 8.71. The molecular weight excluding hydrogens is 220 g/mol. The van der Waals surface area contributed by atoms with Crippen LogP contribution in [0.15, 0.2) is 23.9 Å². The Morgan fingerprint density at radius 2 is 2.17 bits per heavy atom. The predicted molar refractivity (Wildman–Crippen MR) is 73.3 cm³/mol. The third-order valence-corrected chi connectivity index (χ3v) is 4.20. The molecule has 2 rings (SSSR count). The standard InChI is InChI=1S/C16H20N2/c1-4-13-8-15(12(3)18-11-13)16(5-2)9-14(10-16)6-7-17/h6,8,11H,4-5,9-10H2,1-3H3. The van der Waals surface area contributed by atoms with Gasteiger partial charge in [-0.05, 0) is 43.7 Å². The summed E-state index contributed by atoms with van der Waals surface area (Å²) in [5.74, 6) is 0. The number of hydrogen-bond acceptors (Lipinski definition) is 2. The molecule has 1 fully saturated rings. The van der Waals surface area contributed by atoms with Crippen molar-refractivity contribution < 1.29 is 0 Å². The fourth-order valence-corrected chi connectivity index (χ4v) is 2.95. The minimum atomic E-state index is 0.227. The lowest BCUT2D eigenvalue weighted by Gasteiger charge is -2.44. The van der Waals surface area contributed by atoms with E-state index in [9.17, 15) is 0 Å². The van der Waals surface area contributed by atoms with Crippen molar-refractivity contribution in [2.24, 2.45) is 0 Å². The molecular formula is C16H20N2. The van der Waals surface area contributed by atoms with E-state index in [0.29, 0.717) is 0 Å². The van der Waals surface area contributed by atoms with Crippen molar-refractivity contribution in [3.63, 3.8) is 0 Å². The predicted octanol–water partition coefficient (Wildman–Crippen LogP) is 3.84. The summed E-state index contributed by atoms with van der Waals surface area (Å²) in [7, 11) is 0. The van der Waals surface area contributed by atoms with Crippen LogP contribution in [0.4, 0.5) is 0 Å². The molecule has 2 heteroatoms. The van der Waals surface area contributed by atoms with Crippen molar-refractivity contribution in [1.29, 1.82) is 5.26 Å². The molecule has 0 amide bonds. The first kappa shape index (κ1) is 12.8. The van der Waals surface area contributed by atoms with Gasteiger partial charge in [0, 0.05) is 23.4 Å². The monoisotopic (exact) mass is 240 g/mol. The number of nitriles is 1. The van der Waals surface area contributed by atoms with Crippen molar-refractivity contribution in [3.8, 4) is 6.07 Å². The van der Waals surface area contributed by atoms with Gasteiger partial charge in [-0.15, -0.1) is 0 Å². The van der Waals surface area contributed by atoms with Crippen LogP contribution in [0.5, 0.6) is 0 Å². The molecule has 1 aromatic rings. The molecule has 0 radical (unpaired) electrons. The van der Waals surface area contributed by atoms with E-state index in [2.05, 4.69) is 37.9 Å². The van der Waals surface area contributed by atoms with Gasteiger partial charge in [0.15, 0.2) is 0 Å². The van der Waals surface area contributed by atoms with Crippen molar-refractivity contribution in [3.05, 3.63) is 40.7 Å². The van der Waals surface area contributed by atoms with Gasteiger partial charge in [0.05, 0.1) is 6.07 Å². The molecule has 2 nitrogen and oxygen atoms in total. The summed E-state index contributed by atoms with van der Waals surface area (Å²) in [6.07, 6.45) is 7.87. The number of pyridine rings is 1. The summed E-state index contributed by atoms with van der Waals surface area (Å²) in [5, 5.41) is 8.71. The molecule has 1 aromatic heterocycles. The minimum Gasteiger partial charge on any atom is -0.261 e. The van der Waals surface area contributed by atoms with Crippen molar-refractivity contribution >= 4 is 0 Å². The maximum Gasteiger partial charge on any atom is 0.0911 e. The van der Waals surface area contributed by atoms with Crippen LogP contribution in [0, 0.1) is 18.3 Å². The average Bonchev–Trinajstić information content (AvgIpc) is 2.34. The van der Waals surface area contributed by atoms with Crippen LogP contribution >= 0.6 is 0 Å². The van der Waals surface area contributed by atoms with E-state index in [1.807, 2.05) is 6.20 Å². The van der Waals surface area contributed by atoms with Crippen LogP contribution < -0.4 is 0 Å². The van der Waals surface area contributed by atoms with Gasteiger partial charge in [-0.1, -0.05) is 25.5 Å². The highest BCUT2D eigenvalue weighted by molar-refractivity contribution is 5.41. The number of hydrogen-bond donors (Lipinski definition) is 0. The Morgan fingerprint density at radius 3 is 2.72 bits per heavy atom. The zero-order chi connectivity index (χ0) is 13.2. The van der Waals surface area contributed by atoms with Crippen LogP contribution in [0.25, 0.3) is 0 Å².